The van der Waals surface area contributed by atoms with Crippen LogP contribution in [-0.2, 0) is 6.42 Å². The standard InChI is InChI=1S/C17H30N4O.HI/c1-17(2,21(4)5)13-20-16(18-3)19-12-11-14-9-7-8-10-15(14)22-6;/h7-10H,11-13H2,1-6H3,(H2,18,19,20);1H. The lowest BCUT2D eigenvalue weighted by Gasteiger charge is -2.33. The van der Waals surface area contributed by atoms with Gasteiger partial charge in [0.05, 0.1) is 7.11 Å². The highest BCUT2D eigenvalue weighted by atomic mass is 127. The Morgan fingerprint density at radius 2 is 1.87 bits per heavy atom. The molecular weight excluding hydrogens is 403 g/mol. The minimum atomic E-state index is 0. The predicted octanol–water partition coefficient (Wildman–Crippen LogP) is 2.36. The number of para-hydroxylation sites is 1. The fourth-order valence-corrected chi connectivity index (χ4v) is 1.90. The van der Waals surface area contributed by atoms with Gasteiger partial charge < -0.3 is 20.3 Å². The van der Waals surface area contributed by atoms with E-state index >= 15 is 0 Å². The van der Waals surface area contributed by atoms with Gasteiger partial charge in [-0.05, 0) is 46.0 Å². The number of nitrogens with zero attached hydrogens (tertiary/aromatic N) is 2. The summed E-state index contributed by atoms with van der Waals surface area (Å²) >= 11 is 0. The van der Waals surface area contributed by atoms with E-state index in [-0.39, 0.29) is 29.5 Å². The maximum Gasteiger partial charge on any atom is 0.191 e. The Morgan fingerprint density at radius 3 is 2.43 bits per heavy atom. The summed E-state index contributed by atoms with van der Waals surface area (Å²) < 4.78 is 5.37. The number of hydrogen-bond acceptors (Lipinski definition) is 3. The lowest BCUT2D eigenvalue weighted by atomic mass is 10.0. The van der Waals surface area contributed by atoms with Crippen LogP contribution in [0.4, 0.5) is 0 Å². The van der Waals surface area contributed by atoms with Crippen molar-refractivity contribution in [2.45, 2.75) is 25.8 Å². The Labute approximate surface area is 157 Å². The summed E-state index contributed by atoms with van der Waals surface area (Å²) in [6, 6.07) is 8.10. The summed E-state index contributed by atoms with van der Waals surface area (Å²) in [7, 11) is 7.66. The van der Waals surface area contributed by atoms with Crippen molar-refractivity contribution in [2.24, 2.45) is 4.99 Å². The molecular formula is C17H31IN4O. The van der Waals surface area contributed by atoms with E-state index < -0.39 is 0 Å². The molecule has 23 heavy (non-hydrogen) atoms. The summed E-state index contributed by atoms with van der Waals surface area (Å²) in [4.78, 5) is 6.47. The number of likely N-dealkylation sites (N-methyl/N-ethyl adjacent to an activating group) is 1. The molecule has 0 saturated carbocycles. The Balaban J connectivity index is 0.00000484. The van der Waals surface area contributed by atoms with Gasteiger partial charge in [-0.3, -0.25) is 4.99 Å². The molecule has 0 heterocycles. The summed E-state index contributed by atoms with van der Waals surface area (Å²) in [5.74, 6) is 1.76. The first-order chi connectivity index (χ1) is 10.4. The van der Waals surface area contributed by atoms with Gasteiger partial charge in [0, 0.05) is 25.7 Å². The van der Waals surface area contributed by atoms with E-state index in [1.165, 1.54) is 5.56 Å². The van der Waals surface area contributed by atoms with E-state index in [0.29, 0.717) is 0 Å². The van der Waals surface area contributed by atoms with Gasteiger partial charge in [0.2, 0.25) is 0 Å². The molecule has 0 amide bonds. The molecule has 5 nitrogen and oxygen atoms in total. The molecule has 0 atom stereocenters. The van der Waals surface area contributed by atoms with Crippen molar-refractivity contribution in [3.05, 3.63) is 29.8 Å². The molecule has 0 fully saturated rings. The molecule has 0 aliphatic heterocycles. The highest BCUT2D eigenvalue weighted by molar-refractivity contribution is 14.0. The van der Waals surface area contributed by atoms with Crippen molar-refractivity contribution in [3.8, 4) is 5.75 Å². The van der Waals surface area contributed by atoms with Gasteiger partial charge in [0.15, 0.2) is 5.96 Å². The molecule has 1 aromatic carbocycles. The minimum absolute atomic E-state index is 0. The topological polar surface area (TPSA) is 48.9 Å². The highest BCUT2D eigenvalue weighted by Crippen LogP contribution is 2.17. The van der Waals surface area contributed by atoms with Crippen molar-refractivity contribution in [1.29, 1.82) is 0 Å². The average Bonchev–Trinajstić information content (AvgIpc) is 2.50. The fourth-order valence-electron chi connectivity index (χ4n) is 1.90. The van der Waals surface area contributed by atoms with Gasteiger partial charge >= 0.3 is 0 Å². The summed E-state index contributed by atoms with van der Waals surface area (Å²) in [5, 5.41) is 6.72. The van der Waals surface area contributed by atoms with E-state index in [4.69, 9.17) is 4.74 Å². The van der Waals surface area contributed by atoms with Crippen LogP contribution >= 0.6 is 24.0 Å². The molecule has 0 aromatic heterocycles. The Bertz CT molecular complexity index is 489. The van der Waals surface area contributed by atoms with Crippen molar-refractivity contribution >= 4 is 29.9 Å². The second-order valence-electron chi connectivity index (χ2n) is 6.12. The molecule has 0 bridgehead atoms. The smallest absolute Gasteiger partial charge is 0.191 e. The van der Waals surface area contributed by atoms with E-state index in [2.05, 4.69) is 54.5 Å². The number of guanidine groups is 1. The predicted molar refractivity (Wildman–Crippen MR) is 109 cm³/mol. The van der Waals surface area contributed by atoms with E-state index in [0.717, 1.165) is 31.2 Å². The summed E-state index contributed by atoms with van der Waals surface area (Å²) in [6.07, 6.45) is 0.891. The van der Waals surface area contributed by atoms with Crippen LogP contribution < -0.4 is 15.4 Å². The second kappa shape index (κ2) is 10.7. The van der Waals surface area contributed by atoms with Crippen LogP contribution in [0.1, 0.15) is 19.4 Å². The Morgan fingerprint density at radius 1 is 1.22 bits per heavy atom. The molecule has 2 N–H and O–H groups in total. The zero-order valence-electron chi connectivity index (χ0n) is 15.1. The van der Waals surface area contributed by atoms with Crippen LogP contribution in [0.25, 0.3) is 0 Å². The first-order valence-electron chi connectivity index (χ1n) is 7.64. The third-order valence-electron chi connectivity index (χ3n) is 4.00. The largest absolute Gasteiger partial charge is 0.496 e. The molecule has 0 radical (unpaired) electrons. The number of halogens is 1. The average molecular weight is 434 g/mol. The highest BCUT2D eigenvalue weighted by Gasteiger charge is 2.20. The maximum absolute atomic E-state index is 5.37. The molecule has 132 valence electrons. The van der Waals surface area contributed by atoms with Gasteiger partial charge in [-0.25, -0.2) is 0 Å². The quantitative estimate of drug-likeness (QED) is 0.393. The molecule has 0 saturated heterocycles. The fraction of sp³-hybridized carbons (Fsp3) is 0.588. The Kier molecular flexibility index (Phi) is 10.2. The van der Waals surface area contributed by atoms with Crippen LogP contribution in [0.2, 0.25) is 0 Å². The van der Waals surface area contributed by atoms with Crippen LogP contribution in [0.15, 0.2) is 29.3 Å². The summed E-state index contributed by atoms with van der Waals surface area (Å²) in [6.45, 7) is 6.03. The van der Waals surface area contributed by atoms with E-state index in [9.17, 15) is 0 Å². The minimum Gasteiger partial charge on any atom is -0.496 e. The monoisotopic (exact) mass is 434 g/mol. The number of methoxy groups -OCH3 is 1. The third-order valence-corrected chi connectivity index (χ3v) is 4.00. The lowest BCUT2D eigenvalue weighted by molar-refractivity contribution is 0.197. The zero-order valence-corrected chi connectivity index (χ0v) is 17.5. The molecule has 1 aromatic rings. The SMILES string of the molecule is CN=C(NCCc1ccccc1OC)NCC(C)(C)N(C)C.I. The van der Waals surface area contributed by atoms with Gasteiger partial charge in [0.1, 0.15) is 5.75 Å². The van der Waals surface area contributed by atoms with E-state index in [1.807, 2.05) is 18.2 Å². The maximum atomic E-state index is 5.37. The molecule has 0 spiro atoms. The number of ether oxygens (including phenoxy) is 1. The van der Waals surface area contributed by atoms with Gasteiger partial charge in [-0.15, -0.1) is 24.0 Å². The first kappa shape index (κ1) is 22.0. The molecule has 1 rings (SSSR count). The normalized spacial score (nSPS) is 11.9. The lowest BCUT2D eigenvalue weighted by Crippen LogP contribution is -2.51. The molecule has 0 aliphatic rings. The number of benzene rings is 1. The molecule has 6 heteroatoms. The van der Waals surface area contributed by atoms with Crippen molar-refractivity contribution in [3.63, 3.8) is 0 Å². The molecule has 0 unspecified atom stereocenters. The van der Waals surface area contributed by atoms with Gasteiger partial charge in [-0.1, -0.05) is 18.2 Å². The van der Waals surface area contributed by atoms with Gasteiger partial charge in [-0.2, -0.15) is 0 Å². The van der Waals surface area contributed by atoms with Crippen molar-refractivity contribution in [2.75, 3.05) is 41.3 Å². The van der Waals surface area contributed by atoms with E-state index in [1.54, 1.807) is 14.2 Å². The summed E-state index contributed by atoms with van der Waals surface area (Å²) in [5.41, 5.74) is 1.27. The van der Waals surface area contributed by atoms with Crippen LogP contribution in [0.3, 0.4) is 0 Å². The van der Waals surface area contributed by atoms with Crippen LogP contribution in [0.5, 0.6) is 5.75 Å². The number of rotatable bonds is 7. The Hall–Kier alpha value is -1.02. The van der Waals surface area contributed by atoms with Crippen LogP contribution in [0, 0.1) is 0 Å². The molecule has 0 aliphatic carbocycles. The third kappa shape index (κ3) is 7.39. The number of nitrogens with one attached hydrogen (secondary N) is 2. The number of hydrogen-bond donors (Lipinski definition) is 2. The van der Waals surface area contributed by atoms with Crippen LogP contribution in [-0.4, -0.2) is 57.7 Å². The van der Waals surface area contributed by atoms with Crippen molar-refractivity contribution < 1.29 is 4.74 Å². The zero-order chi connectivity index (χ0) is 16.6. The number of aliphatic imine (C=N–C) groups is 1. The van der Waals surface area contributed by atoms with Gasteiger partial charge in [0.25, 0.3) is 0 Å². The first-order valence-corrected chi connectivity index (χ1v) is 7.64. The second-order valence-corrected chi connectivity index (χ2v) is 6.12. The van der Waals surface area contributed by atoms with Crippen molar-refractivity contribution in [1.82, 2.24) is 15.5 Å².